The van der Waals surface area contributed by atoms with Crippen LogP contribution in [-0.4, -0.2) is 77.7 Å². The third-order valence-electron chi connectivity index (χ3n) is 17.4. The second-order valence-corrected chi connectivity index (χ2v) is 23.4. The Hall–Kier alpha value is -2.58. The summed E-state index contributed by atoms with van der Waals surface area (Å²) < 4.78 is 58.9. The lowest BCUT2D eigenvalue weighted by Gasteiger charge is -2.65. The van der Waals surface area contributed by atoms with Gasteiger partial charge in [0.25, 0.3) is 0 Å². The highest BCUT2D eigenvalue weighted by Crippen LogP contribution is 2.66. The molecule has 0 aromatic rings. The summed E-state index contributed by atoms with van der Waals surface area (Å²) >= 11 is 0. The highest BCUT2D eigenvalue weighted by Gasteiger charge is 2.82. The molecule has 2 aliphatic heterocycles. The van der Waals surface area contributed by atoms with Crippen LogP contribution in [0.4, 0.5) is 0 Å². The Kier molecular flexibility index (Phi) is 23.0. The highest BCUT2D eigenvalue weighted by atomic mass is 32.3. The largest absolute Gasteiger partial charge is 0.461 e. The van der Waals surface area contributed by atoms with E-state index in [1.54, 1.807) is 0 Å². The van der Waals surface area contributed by atoms with Gasteiger partial charge < -0.3 is 24.4 Å². The second-order valence-electron chi connectivity index (χ2n) is 22.4. The molecular formula is C57H94O12S. The van der Waals surface area contributed by atoms with Gasteiger partial charge in [-0.25, -0.2) is 4.18 Å². The molecule has 0 aromatic carbocycles. The van der Waals surface area contributed by atoms with Crippen molar-refractivity contribution in [2.45, 2.75) is 264 Å². The average molecular weight is 1000 g/mol. The summed E-state index contributed by atoms with van der Waals surface area (Å²) in [7, 11) is -4.73. The van der Waals surface area contributed by atoms with Crippen molar-refractivity contribution in [3.63, 3.8) is 0 Å². The quantitative estimate of drug-likeness (QED) is 0.0361. The monoisotopic (exact) mass is 1000 g/mol. The van der Waals surface area contributed by atoms with E-state index in [0.717, 1.165) is 145 Å². The third kappa shape index (κ3) is 14.2. The Labute approximate surface area is 422 Å². The molecule has 0 bridgehead atoms. The molecule has 0 radical (unpaired) electrons. The molecule has 13 heteroatoms. The lowest BCUT2D eigenvalue weighted by atomic mass is 9.49. The van der Waals surface area contributed by atoms with Gasteiger partial charge in [0.1, 0.15) is 17.4 Å². The number of carbonyl (C=O) groups excluding carboxylic acids is 3. The fraction of sp³-hybridized carbons (Fsp3) is 0.842. The summed E-state index contributed by atoms with van der Waals surface area (Å²) in [5.74, 6) is -1.93. The predicted octanol–water partition coefficient (Wildman–Crippen LogP) is 12.7. The molecule has 0 aromatic heterocycles. The SMILES string of the molecule is CCCCC(C)C(O)CC=C1CCCCCCC12C(=O)OC2C1(COC(=O)C2CCCCCCC2=CCC(OS(=O)(=O)O)C(C)CCCC)OC(=O)C12CCCCCCC2=CCC(O)C(C)CCCC. The summed E-state index contributed by atoms with van der Waals surface area (Å²) in [6.45, 7) is 12.1. The van der Waals surface area contributed by atoms with Crippen LogP contribution in [0.5, 0.6) is 0 Å². The van der Waals surface area contributed by atoms with E-state index in [9.17, 15) is 32.8 Å². The maximum atomic E-state index is 15.0. The Bertz CT molecular complexity index is 1890. The molecule has 2 spiro atoms. The summed E-state index contributed by atoms with van der Waals surface area (Å²) in [6.07, 6.45) is 26.2. The second kappa shape index (κ2) is 27.6. The van der Waals surface area contributed by atoms with E-state index in [0.29, 0.717) is 57.8 Å². The van der Waals surface area contributed by atoms with Gasteiger partial charge in [-0.15, -0.1) is 0 Å². The minimum absolute atomic E-state index is 0.0549. The van der Waals surface area contributed by atoms with Gasteiger partial charge in [-0.1, -0.05) is 173 Å². The molecule has 5 aliphatic rings. The molecule has 2 saturated heterocycles. The van der Waals surface area contributed by atoms with Gasteiger partial charge in [0.05, 0.1) is 24.2 Å². The van der Waals surface area contributed by atoms with Crippen molar-refractivity contribution in [3.05, 3.63) is 34.9 Å². The zero-order valence-corrected chi connectivity index (χ0v) is 45.0. The topological polar surface area (TPSA) is 183 Å². The van der Waals surface area contributed by atoms with E-state index < -0.39 is 69.1 Å². The summed E-state index contributed by atoms with van der Waals surface area (Å²) in [6, 6.07) is 0. The summed E-state index contributed by atoms with van der Waals surface area (Å²) in [4.78, 5) is 44.6. The fourth-order valence-electron chi connectivity index (χ4n) is 12.6. The molecular weight excluding hydrogens is 909 g/mol. The van der Waals surface area contributed by atoms with Crippen LogP contribution in [0.1, 0.15) is 234 Å². The van der Waals surface area contributed by atoms with Gasteiger partial charge >= 0.3 is 28.3 Å². The zero-order valence-electron chi connectivity index (χ0n) is 44.2. The minimum Gasteiger partial charge on any atom is -0.461 e. The predicted molar refractivity (Wildman–Crippen MR) is 274 cm³/mol. The lowest BCUT2D eigenvalue weighted by Crippen LogP contribution is -2.82. The Balaban J connectivity index is 1.61. The van der Waals surface area contributed by atoms with E-state index >= 15 is 4.79 Å². The van der Waals surface area contributed by atoms with E-state index in [1.807, 2.05) is 13.0 Å². The molecule has 400 valence electrons. The first kappa shape index (κ1) is 58.3. The van der Waals surface area contributed by atoms with Crippen LogP contribution >= 0.6 is 0 Å². The van der Waals surface area contributed by atoms with Gasteiger partial charge in [-0.3, -0.25) is 18.9 Å². The summed E-state index contributed by atoms with van der Waals surface area (Å²) in [5.41, 5.74) is -1.38. The van der Waals surface area contributed by atoms with Gasteiger partial charge in [-0.2, -0.15) is 8.42 Å². The maximum absolute atomic E-state index is 15.0. The van der Waals surface area contributed by atoms with Crippen LogP contribution < -0.4 is 0 Å². The molecule has 12 nitrogen and oxygen atoms in total. The van der Waals surface area contributed by atoms with Crippen LogP contribution in [0.15, 0.2) is 34.9 Å². The first-order valence-electron chi connectivity index (χ1n) is 28.2. The van der Waals surface area contributed by atoms with Crippen LogP contribution in [0.3, 0.4) is 0 Å². The van der Waals surface area contributed by atoms with Crippen molar-refractivity contribution >= 4 is 28.3 Å². The highest BCUT2D eigenvalue weighted by molar-refractivity contribution is 7.80. The van der Waals surface area contributed by atoms with Crippen LogP contribution in [-0.2, 0) is 43.2 Å². The molecule has 70 heavy (non-hydrogen) atoms. The van der Waals surface area contributed by atoms with Crippen molar-refractivity contribution in [1.29, 1.82) is 0 Å². The maximum Gasteiger partial charge on any atom is 0.397 e. The minimum atomic E-state index is -4.73. The van der Waals surface area contributed by atoms with Crippen molar-refractivity contribution in [2.75, 3.05) is 6.61 Å². The number of hydrogen-bond acceptors (Lipinski definition) is 11. The van der Waals surface area contributed by atoms with E-state index in [4.69, 9.17) is 18.4 Å². The number of cyclic esters (lactones) is 2. The van der Waals surface area contributed by atoms with Crippen LogP contribution in [0, 0.1) is 34.5 Å². The molecule has 11 unspecified atom stereocenters. The molecule has 3 saturated carbocycles. The first-order valence-corrected chi connectivity index (χ1v) is 29.6. The number of carbonyl (C=O) groups is 3. The van der Waals surface area contributed by atoms with Crippen molar-refractivity contribution < 1.29 is 56.0 Å². The zero-order chi connectivity index (χ0) is 51.0. The summed E-state index contributed by atoms with van der Waals surface area (Å²) in [5, 5.41) is 23.0. The van der Waals surface area contributed by atoms with Gasteiger partial charge in [0, 0.05) is 0 Å². The average Bonchev–Trinajstić information content (AvgIpc) is 3.30. The lowest BCUT2D eigenvalue weighted by molar-refractivity contribution is -0.314. The molecule has 2 heterocycles. The number of ether oxygens (including phenoxy) is 3. The Morgan fingerprint density at radius 3 is 1.79 bits per heavy atom. The standard InChI is InChI=1S/C57H94O12S/c1-7-10-25-41(4)48(58)35-33-45-29-20-15-17-23-38-55(45)52(67-53(55)61)57(56(54(62)68-57)39-24-18-16-21-30-46(56)34-36-49(59)42(5)26-11-8-2)40-66-51(60)47-31-22-14-13-19-28-44(47)32-37-50(69-70(63,64)65)43(6)27-12-9-3/h32-34,41-43,47-50,52,58-59H,7-31,35-40H2,1-6H3,(H,63,64,65). The smallest absolute Gasteiger partial charge is 0.397 e. The van der Waals surface area contributed by atoms with Gasteiger partial charge in [0.15, 0.2) is 6.10 Å². The van der Waals surface area contributed by atoms with Gasteiger partial charge in [-0.05, 0) is 114 Å². The number of unbranched alkanes of at least 4 members (excludes halogenated alkanes) is 3. The van der Waals surface area contributed by atoms with Crippen molar-refractivity contribution in [3.8, 4) is 0 Å². The number of esters is 3. The van der Waals surface area contributed by atoms with Crippen LogP contribution in [0.25, 0.3) is 0 Å². The van der Waals surface area contributed by atoms with E-state index in [-0.39, 0.29) is 36.8 Å². The van der Waals surface area contributed by atoms with Crippen molar-refractivity contribution in [1.82, 2.24) is 0 Å². The number of aliphatic hydroxyl groups is 2. The Morgan fingerprint density at radius 2 is 1.21 bits per heavy atom. The third-order valence-corrected chi connectivity index (χ3v) is 17.9. The van der Waals surface area contributed by atoms with Gasteiger partial charge in [0.2, 0.25) is 5.60 Å². The molecule has 5 fully saturated rings. The van der Waals surface area contributed by atoms with Crippen LogP contribution in [0.2, 0.25) is 0 Å². The fourth-order valence-corrected chi connectivity index (χ4v) is 13.2. The number of aliphatic hydroxyl groups excluding tert-OH is 2. The number of hydrogen-bond donors (Lipinski definition) is 3. The van der Waals surface area contributed by atoms with E-state index in [1.165, 1.54) is 0 Å². The molecule has 11 atom stereocenters. The molecule has 3 N–H and O–H groups in total. The normalized spacial score (nSPS) is 31.4. The molecule has 0 amide bonds. The first-order chi connectivity index (χ1) is 33.5. The van der Waals surface area contributed by atoms with E-state index in [2.05, 4.69) is 46.8 Å². The molecule has 5 rings (SSSR count). The number of rotatable bonds is 24. The molecule has 3 aliphatic carbocycles. The Morgan fingerprint density at radius 1 is 0.686 bits per heavy atom. The van der Waals surface area contributed by atoms with Crippen molar-refractivity contribution in [2.24, 2.45) is 34.5 Å².